The zero-order valence-electron chi connectivity index (χ0n) is 17.5. The molecule has 0 amide bonds. The molecule has 0 N–H and O–H groups in total. The number of anilines is 3. The zero-order chi connectivity index (χ0) is 21.8. The molecule has 0 spiro atoms. The van der Waals surface area contributed by atoms with E-state index in [1.807, 2.05) is 12.1 Å². The van der Waals surface area contributed by atoms with E-state index in [1.54, 1.807) is 0 Å². The molecule has 154 valence electrons. The molecule has 1 nitrogen and oxygen atoms in total. The van der Waals surface area contributed by atoms with Gasteiger partial charge in [0, 0.05) is 21.5 Å². The Morgan fingerprint density at radius 3 is 1.62 bits per heavy atom. The van der Waals surface area contributed by atoms with E-state index in [9.17, 15) is 0 Å². The summed E-state index contributed by atoms with van der Waals surface area (Å²) in [6, 6.07) is 42.6. The van der Waals surface area contributed by atoms with Gasteiger partial charge in [0.1, 0.15) is 0 Å². The van der Waals surface area contributed by atoms with E-state index in [-0.39, 0.29) is 0 Å². The van der Waals surface area contributed by atoms with Gasteiger partial charge in [0.25, 0.3) is 0 Å². The Morgan fingerprint density at radius 2 is 0.969 bits per heavy atom. The summed E-state index contributed by atoms with van der Waals surface area (Å²) >= 11 is 3.54. The van der Waals surface area contributed by atoms with Crippen molar-refractivity contribution in [3.63, 3.8) is 0 Å². The molecule has 0 saturated heterocycles. The lowest BCUT2D eigenvalue weighted by molar-refractivity contribution is 1.28. The number of halogens is 1. The summed E-state index contributed by atoms with van der Waals surface area (Å²) in [7, 11) is 0. The fraction of sp³-hybridized carbons (Fsp3) is 0. The van der Waals surface area contributed by atoms with Crippen molar-refractivity contribution in [1.82, 2.24) is 0 Å². The molecule has 0 saturated carbocycles. The summed E-state index contributed by atoms with van der Waals surface area (Å²) in [4.78, 5) is 2.27. The second-order valence-corrected chi connectivity index (χ2v) is 8.60. The first kappa shape index (κ1) is 20.3. The van der Waals surface area contributed by atoms with Gasteiger partial charge in [0.05, 0.1) is 0 Å². The molecule has 0 unspecified atom stereocenters. The van der Waals surface area contributed by atoms with Crippen molar-refractivity contribution in [2.45, 2.75) is 0 Å². The monoisotopic (exact) mass is 475 g/mol. The number of benzene rings is 5. The third-order valence-corrected chi connectivity index (χ3v) is 5.97. The highest BCUT2D eigenvalue weighted by Crippen LogP contribution is 2.34. The molecule has 0 aromatic heterocycles. The van der Waals surface area contributed by atoms with Gasteiger partial charge >= 0.3 is 0 Å². The van der Waals surface area contributed by atoms with Crippen molar-refractivity contribution in [3.8, 4) is 0 Å². The fourth-order valence-corrected chi connectivity index (χ4v) is 4.25. The summed E-state index contributed by atoms with van der Waals surface area (Å²) in [5.74, 6) is 0. The van der Waals surface area contributed by atoms with Crippen LogP contribution in [0.15, 0.2) is 126 Å². The first-order valence-electron chi connectivity index (χ1n) is 10.6. The molecule has 0 fully saturated rings. The molecule has 0 aliphatic rings. The predicted octanol–water partition coefficient (Wildman–Crippen LogP) is 9.24. The highest BCUT2D eigenvalue weighted by molar-refractivity contribution is 9.10. The van der Waals surface area contributed by atoms with Gasteiger partial charge in [-0.05, 0) is 76.5 Å². The summed E-state index contributed by atoms with van der Waals surface area (Å²) in [5.41, 5.74) is 5.79. The molecule has 0 bridgehead atoms. The van der Waals surface area contributed by atoms with Crippen molar-refractivity contribution in [3.05, 3.63) is 137 Å². The van der Waals surface area contributed by atoms with E-state index in [2.05, 4.69) is 142 Å². The lowest BCUT2D eigenvalue weighted by atomic mass is 10.1. The highest BCUT2D eigenvalue weighted by Gasteiger charge is 2.11. The van der Waals surface area contributed by atoms with Crippen LogP contribution in [-0.2, 0) is 0 Å². The standard InChI is InChI=1S/C30H22BrN/c31-27-18-17-25-21-24(13-16-26(25)22-27)12-11-23-14-19-30(20-15-23)32(28-7-3-1-4-8-28)29-9-5-2-6-10-29/h1-22H. The molecule has 0 aliphatic carbocycles. The number of hydrogen-bond acceptors (Lipinski definition) is 1. The summed E-state index contributed by atoms with van der Waals surface area (Å²) in [6.07, 6.45) is 4.34. The van der Waals surface area contributed by atoms with Gasteiger partial charge in [0.15, 0.2) is 0 Å². The van der Waals surface area contributed by atoms with Crippen LogP contribution in [0.3, 0.4) is 0 Å². The molecule has 2 heteroatoms. The SMILES string of the molecule is Brc1ccc2cc(C=Cc3ccc(N(c4ccccc4)c4ccccc4)cc3)ccc2c1. The summed E-state index contributed by atoms with van der Waals surface area (Å²) < 4.78 is 1.11. The Balaban J connectivity index is 1.42. The first-order valence-corrected chi connectivity index (χ1v) is 11.4. The van der Waals surface area contributed by atoms with Crippen molar-refractivity contribution in [1.29, 1.82) is 0 Å². The number of fused-ring (bicyclic) bond motifs is 1. The highest BCUT2D eigenvalue weighted by atomic mass is 79.9. The van der Waals surface area contributed by atoms with Crippen LogP contribution in [-0.4, -0.2) is 0 Å². The topological polar surface area (TPSA) is 3.24 Å². The Morgan fingerprint density at radius 1 is 0.469 bits per heavy atom. The van der Waals surface area contributed by atoms with Crippen molar-refractivity contribution >= 4 is 55.9 Å². The number of hydrogen-bond donors (Lipinski definition) is 0. The minimum Gasteiger partial charge on any atom is -0.311 e. The summed E-state index contributed by atoms with van der Waals surface area (Å²) in [5, 5.41) is 2.48. The lowest BCUT2D eigenvalue weighted by Crippen LogP contribution is -2.09. The van der Waals surface area contributed by atoms with E-state index in [0.29, 0.717) is 0 Å². The third kappa shape index (κ3) is 4.51. The minimum absolute atomic E-state index is 1.11. The van der Waals surface area contributed by atoms with Gasteiger partial charge in [-0.1, -0.05) is 94.8 Å². The van der Waals surface area contributed by atoms with Crippen LogP contribution in [0.1, 0.15) is 11.1 Å². The zero-order valence-corrected chi connectivity index (χ0v) is 19.1. The quantitative estimate of drug-likeness (QED) is 0.229. The van der Waals surface area contributed by atoms with Gasteiger partial charge in [0.2, 0.25) is 0 Å². The van der Waals surface area contributed by atoms with E-state index in [1.165, 1.54) is 21.9 Å². The van der Waals surface area contributed by atoms with Crippen molar-refractivity contribution in [2.75, 3.05) is 4.90 Å². The molecule has 0 radical (unpaired) electrons. The van der Waals surface area contributed by atoms with Crippen molar-refractivity contribution in [2.24, 2.45) is 0 Å². The van der Waals surface area contributed by atoms with Crippen LogP contribution in [0.4, 0.5) is 17.1 Å². The molecule has 5 rings (SSSR count). The Hall–Kier alpha value is -3.62. The Kier molecular flexibility index (Phi) is 5.87. The molecule has 5 aromatic rings. The van der Waals surface area contributed by atoms with Crippen LogP contribution >= 0.6 is 15.9 Å². The van der Waals surface area contributed by atoms with Crippen LogP contribution < -0.4 is 4.90 Å². The molecule has 32 heavy (non-hydrogen) atoms. The second kappa shape index (κ2) is 9.25. The smallest absolute Gasteiger partial charge is 0.0462 e. The van der Waals surface area contributed by atoms with Crippen LogP contribution in [0.5, 0.6) is 0 Å². The molecule has 0 atom stereocenters. The Labute approximate surface area is 197 Å². The van der Waals surface area contributed by atoms with Gasteiger partial charge in [-0.2, -0.15) is 0 Å². The van der Waals surface area contributed by atoms with Crippen LogP contribution in [0, 0.1) is 0 Å². The Bertz CT molecular complexity index is 1320. The molecule has 5 aromatic carbocycles. The largest absolute Gasteiger partial charge is 0.311 e. The molecule has 0 heterocycles. The van der Waals surface area contributed by atoms with Crippen LogP contribution in [0.25, 0.3) is 22.9 Å². The lowest BCUT2D eigenvalue weighted by Gasteiger charge is -2.25. The van der Waals surface area contributed by atoms with Gasteiger partial charge < -0.3 is 4.90 Å². The predicted molar refractivity (Wildman–Crippen MR) is 142 cm³/mol. The van der Waals surface area contributed by atoms with E-state index >= 15 is 0 Å². The number of nitrogens with zero attached hydrogens (tertiary/aromatic N) is 1. The van der Waals surface area contributed by atoms with Gasteiger partial charge in [-0.3, -0.25) is 0 Å². The van der Waals surface area contributed by atoms with Crippen molar-refractivity contribution < 1.29 is 0 Å². The fourth-order valence-electron chi connectivity index (χ4n) is 3.87. The average Bonchev–Trinajstić information content (AvgIpc) is 2.85. The maximum atomic E-state index is 3.54. The maximum absolute atomic E-state index is 3.54. The maximum Gasteiger partial charge on any atom is 0.0462 e. The molecule has 0 aliphatic heterocycles. The van der Waals surface area contributed by atoms with Gasteiger partial charge in [-0.15, -0.1) is 0 Å². The van der Waals surface area contributed by atoms with Gasteiger partial charge in [-0.25, -0.2) is 0 Å². The van der Waals surface area contributed by atoms with E-state index in [4.69, 9.17) is 0 Å². The number of rotatable bonds is 5. The van der Waals surface area contributed by atoms with E-state index < -0.39 is 0 Å². The normalized spacial score (nSPS) is 11.2. The first-order chi connectivity index (χ1) is 15.8. The number of para-hydroxylation sites is 2. The minimum atomic E-state index is 1.11. The molecular formula is C30H22BrN. The van der Waals surface area contributed by atoms with E-state index in [0.717, 1.165) is 21.5 Å². The second-order valence-electron chi connectivity index (χ2n) is 7.68. The molecular weight excluding hydrogens is 454 g/mol. The average molecular weight is 476 g/mol. The van der Waals surface area contributed by atoms with Crippen LogP contribution in [0.2, 0.25) is 0 Å². The third-order valence-electron chi connectivity index (χ3n) is 5.47. The summed E-state index contributed by atoms with van der Waals surface area (Å²) in [6.45, 7) is 0.